The summed E-state index contributed by atoms with van der Waals surface area (Å²) < 4.78 is 0. The third-order valence-electron chi connectivity index (χ3n) is 3.61. The summed E-state index contributed by atoms with van der Waals surface area (Å²) in [5.74, 6) is 0. The van der Waals surface area contributed by atoms with Crippen LogP contribution >= 0.6 is 12.2 Å². The van der Waals surface area contributed by atoms with E-state index in [0.717, 1.165) is 13.0 Å². The van der Waals surface area contributed by atoms with Crippen molar-refractivity contribution in [2.45, 2.75) is 18.9 Å². The van der Waals surface area contributed by atoms with E-state index in [1.807, 2.05) is 18.5 Å². The van der Waals surface area contributed by atoms with E-state index < -0.39 is 0 Å². The first-order valence-corrected chi connectivity index (χ1v) is 7.50. The van der Waals surface area contributed by atoms with Crippen LogP contribution in [0.3, 0.4) is 0 Å². The van der Waals surface area contributed by atoms with Crippen molar-refractivity contribution in [1.29, 1.82) is 0 Å². The number of aromatic nitrogens is 1. The highest BCUT2D eigenvalue weighted by Gasteiger charge is 2.17. The van der Waals surface area contributed by atoms with Crippen molar-refractivity contribution in [3.05, 3.63) is 66.0 Å². The van der Waals surface area contributed by atoms with Crippen LogP contribution in [0.4, 0.5) is 0 Å². The molecule has 1 heterocycles. The molecule has 1 atom stereocenters. The molecule has 0 aliphatic rings. The average molecular weight is 299 g/mol. The van der Waals surface area contributed by atoms with Gasteiger partial charge in [-0.2, -0.15) is 0 Å². The van der Waals surface area contributed by atoms with E-state index in [-0.39, 0.29) is 6.04 Å². The Morgan fingerprint density at radius 2 is 1.86 bits per heavy atom. The molecule has 0 spiro atoms. The molecule has 0 amide bonds. The number of hydrogen-bond donors (Lipinski definition) is 1. The first kappa shape index (κ1) is 15.6. The maximum atomic E-state index is 5.77. The summed E-state index contributed by atoms with van der Waals surface area (Å²) >= 11 is 5.11. The fourth-order valence-electron chi connectivity index (χ4n) is 2.40. The molecule has 1 unspecified atom stereocenters. The molecular weight excluding hydrogens is 278 g/mol. The molecule has 0 aliphatic heterocycles. The van der Waals surface area contributed by atoms with Crippen LogP contribution in [-0.2, 0) is 6.42 Å². The number of thiocarbonyl (C=S) groups is 1. The van der Waals surface area contributed by atoms with Crippen molar-refractivity contribution >= 4 is 17.2 Å². The van der Waals surface area contributed by atoms with Gasteiger partial charge in [-0.05, 0) is 36.7 Å². The van der Waals surface area contributed by atoms with E-state index in [1.54, 1.807) is 0 Å². The SMILES string of the molecule is CN(CCc1ccncc1)C(CC(N)=S)c1ccccc1. The van der Waals surface area contributed by atoms with Gasteiger partial charge < -0.3 is 5.73 Å². The number of pyridine rings is 1. The maximum Gasteiger partial charge on any atom is 0.0746 e. The summed E-state index contributed by atoms with van der Waals surface area (Å²) in [6.07, 6.45) is 5.35. The molecule has 110 valence electrons. The standard InChI is InChI=1S/C17H21N3S/c1-20(12-9-14-7-10-19-11-8-14)16(13-17(18)21)15-5-3-2-4-6-15/h2-8,10-11,16H,9,12-13H2,1H3,(H2,18,21). The predicted molar refractivity (Wildman–Crippen MR) is 91.2 cm³/mol. The first-order chi connectivity index (χ1) is 10.2. The third kappa shape index (κ3) is 4.92. The minimum absolute atomic E-state index is 0.227. The van der Waals surface area contributed by atoms with Gasteiger partial charge in [0.05, 0.1) is 4.99 Å². The highest BCUT2D eigenvalue weighted by atomic mass is 32.1. The lowest BCUT2D eigenvalue weighted by molar-refractivity contribution is 0.253. The minimum Gasteiger partial charge on any atom is -0.393 e. The molecule has 2 aromatic rings. The second kappa shape index (κ2) is 7.86. The molecule has 0 bridgehead atoms. The van der Waals surface area contributed by atoms with Crippen LogP contribution in [0.1, 0.15) is 23.6 Å². The molecule has 0 saturated carbocycles. The van der Waals surface area contributed by atoms with Crippen LogP contribution in [0.15, 0.2) is 54.9 Å². The summed E-state index contributed by atoms with van der Waals surface area (Å²) in [7, 11) is 2.12. The van der Waals surface area contributed by atoms with Gasteiger partial charge in [0.15, 0.2) is 0 Å². The number of nitrogens with zero attached hydrogens (tertiary/aromatic N) is 2. The van der Waals surface area contributed by atoms with Gasteiger partial charge in [0.25, 0.3) is 0 Å². The molecule has 4 heteroatoms. The molecule has 2 rings (SSSR count). The Hall–Kier alpha value is -1.78. The molecule has 0 radical (unpaired) electrons. The van der Waals surface area contributed by atoms with Crippen LogP contribution < -0.4 is 5.73 Å². The molecule has 0 fully saturated rings. The number of rotatable bonds is 7. The molecule has 3 nitrogen and oxygen atoms in total. The van der Waals surface area contributed by atoms with Crippen LogP contribution in [0.5, 0.6) is 0 Å². The zero-order valence-electron chi connectivity index (χ0n) is 12.3. The summed E-state index contributed by atoms with van der Waals surface area (Å²) in [5.41, 5.74) is 8.32. The second-order valence-corrected chi connectivity index (χ2v) is 5.71. The molecule has 1 aromatic heterocycles. The van der Waals surface area contributed by atoms with E-state index in [1.165, 1.54) is 11.1 Å². The third-order valence-corrected chi connectivity index (χ3v) is 3.78. The Kier molecular flexibility index (Phi) is 5.84. The van der Waals surface area contributed by atoms with Crippen molar-refractivity contribution < 1.29 is 0 Å². The van der Waals surface area contributed by atoms with Crippen LogP contribution in [0.2, 0.25) is 0 Å². The Labute approximate surface area is 131 Å². The van der Waals surface area contributed by atoms with E-state index >= 15 is 0 Å². The maximum absolute atomic E-state index is 5.77. The van der Waals surface area contributed by atoms with Crippen molar-refractivity contribution in [2.24, 2.45) is 5.73 Å². The van der Waals surface area contributed by atoms with E-state index in [2.05, 4.69) is 53.3 Å². The lowest BCUT2D eigenvalue weighted by atomic mass is 10.0. The normalized spacial score (nSPS) is 12.3. The quantitative estimate of drug-likeness (QED) is 0.798. The van der Waals surface area contributed by atoms with Gasteiger partial charge in [0.2, 0.25) is 0 Å². The molecule has 2 N–H and O–H groups in total. The average Bonchev–Trinajstić information content (AvgIpc) is 2.52. The number of hydrogen-bond acceptors (Lipinski definition) is 3. The largest absolute Gasteiger partial charge is 0.393 e. The number of nitrogens with two attached hydrogens (primary N) is 1. The van der Waals surface area contributed by atoms with E-state index in [9.17, 15) is 0 Å². The van der Waals surface area contributed by atoms with Crippen LogP contribution in [-0.4, -0.2) is 28.5 Å². The minimum atomic E-state index is 0.227. The zero-order chi connectivity index (χ0) is 15.1. The van der Waals surface area contributed by atoms with Crippen molar-refractivity contribution in [3.63, 3.8) is 0 Å². The lowest BCUT2D eigenvalue weighted by Crippen LogP contribution is -2.30. The fraction of sp³-hybridized carbons (Fsp3) is 0.294. The molecule has 0 saturated heterocycles. The Morgan fingerprint density at radius 1 is 1.19 bits per heavy atom. The van der Waals surface area contributed by atoms with Gasteiger partial charge in [0.1, 0.15) is 0 Å². The second-order valence-electron chi connectivity index (χ2n) is 5.18. The van der Waals surface area contributed by atoms with Crippen molar-refractivity contribution in [1.82, 2.24) is 9.88 Å². The Balaban J connectivity index is 2.04. The van der Waals surface area contributed by atoms with E-state index in [4.69, 9.17) is 18.0 Å². The van der Waals surface area contributed by atoms with Gasteiger partial charge in [-0.15, -0.1) is 0 Å². The number of likely N-dealkylation sites (N-methyl/N-ethyl adjacent to an activating group) is 1. The van der Waals surface area contributed by atoms with Crippen molar-refractivity contribution in [2.75, 3.05) is 13.6 Å². The van der Waals surface area contributed by atoms with Gasteiger partial charge in [-0.25, -0.2) is 0 Å². The monoisotopic (exact) mass is 299 g/mol. The Morgan fingerprint density at radius 3 is 2.48 bits per heavy atom. The summed E-state index contributed by atoms with van der Waals surface area (Å²) in [4.78, 5) is 6.92. The van der Waals surface area contributed by atoms with Crippen LogP contribution in [0.25, 0.3) is 0 Å². The van der Waals surface area contributed by atoms with Gasteiger partial charge >= 0.3 is 0 Å². The van der Waals surface area contributed by atoms with Crippen molar-refractivity contribution in [3.8, 4) is 0 Å². The van der Waals surface area contributed by atoms with Gasteiger partial charge in [-0.1, -0.05) is 42.5 Å². The fourth-order valence-corrected chi connectivity index (χ4v) is 2.56. The molecular formula is C17H21N3S. The number of benzene rings is 1. The summed E-state index contributed by atoms with van der Waals surface area (Å²) in [6, 6.07) is 14.7. The Bertz CT molecular complexity index is 557. The van der Waals surface area contributed by atoms with Gasteiger partial charge in [-0.3, -0.25) is 9.88 Å². The zero-order valence-corrected chi connectivity index (χ0v) is 13.1. The highest BCUT2D eigenvalue weighted by Crippen LogP contribution is 2.23. The highest BCUT2D eigenvalue weighted by molar-refractivity contribution is 7.80. The van der Waals surface area contributed by atoms with Crippen LogP contribution in [0, 0.1) is 0 Å². The smallest absolute Gasteiger partial charge is 0.0746 e. The molecule has 21 heavy (non-hydrogen) atoms. The summed E-state index contributed by atoms with van der Waals surface area (Å²) in [5, 5.41) is 0. The molecule has 0 aliphatic carbocycles. The summed E-state index contributed by atoms with van der Waals surface area (Å²) in [6.45, 7) is 0.951. The van der Waals surface area contributed by atoms with E-state index in [0.29, 0.717) is 11.4 Å². The lowest BCUT2D eigenvalue weighted by Gasteiger charge is -2.28. The van der Waals surface area contributed by atoms with Gasteiger partial charge in [0, 0.05) is 31.4 Å². The first-order valence-electron chi connectivity index (χ1n) is 7.09. The molecule has 1 aromatic carbocycles. The predicted octanol–water partition coefficient (Wildman–Crippen LogP) is 2.97. The topological polar surface area (TPSA) is 42.2 Å².